The van der Waals surface area contributed by atoms with E-state index in [2.05, 4.69) is 31.5 Å². The molecule has 3 fully saturated rings. The number of aromatic hydroxyl groups is 1. The number of phenolic OH excluding ortho intramolecular Hbond substituents is 1. The van der Waals surface area contributed by atoms with Gasteiger partial charge in [-0.15, -0.1) is 0 Å². The molecule has 1 N–H and O–H groups in total. The highest BCUT2D eigenvalue weighted by molar-refractivity contribution is 7.89. The molecule has 0 spiro atoms. The normalized spacial score (nSPS) is 29.1. The Morgan fingerprint density at radius 3 is 2.50 bits per heavy atom. The van der Waals surface area contributed by atoms with E-state index in [-0.39, 0.29) is 34.0 Å². The van der Waals surface area contributed by atoms with Crippen LogP contribution in [0.1, 0.15) is 45.4 Å². The van der Waals surface area contributed by atoms with Crippen LogP contribution in [0.15, 0.2) is 17.0 Å². The zero-order chi connectivity index (χ0) is 23.3. The number of hydrogen-bond acceptors (Lipinski definition) is 5. The average molecular weight is 501 g/mol. The quantitative estimate of drug-likeness (QED) is 0.369. The Morgan fingerprint density at radius 1 is 1.25 bits per heavy atom. The van der Waals surface area contributed by atoms with Gasteiger partial charge in [-0.25, -0.2) is 8.42 Å². The predicted octanol–water partition coefficient (Wildman–Crippen LogP) is 5.28. The molecule has 3 aliphatic carbocycles. The van der Waals surface area contributed by atoms with Crippen molar-refractivity contribution in [2.75, 3.05) is 24.8 Å². The molecule has 0 amide bonds. The van der Waals surface area contributed by atoms with Gasteiger partial charge in [0.2, 0.25) is 10.0 Å². The molecule has 0 unspecified atom stereocenters. The summed E-state index contributed by atoms with van der Waals surface area (Å²) in [6.07, 6.45) is 6.08. The van der Waals surface area contributed by atoms with Crippen molar-refractivity contribution in [1.29, 1.82) is 0 Å². The van der Waals surface area contributed by atoms with Crippen LogP contribution in [-0.4, -0.2) is 57.4 Å². The second-order valence-electron chi connectivity index (χ2n) is 11.1. The maximum absolute atomic E-state index is 13.9. The molecule has 3 saturated carbocycles. The molecular formula is C23H37ClN2O4SSi. The highest BCUT2D eigenvalue weighted by atomic mass is 35.5. The lowest BCUT2D eigenvalue weighted by Gasteiger charge is -2.67. The first-order valence-electron chi connectivity index (χ1n) is 11.9. The Balaban J connectivity index is 1.70. The Hall–Kier alpha value is -0.803. The zero-order valence-electron chi connectivity index (χ0n) is 19.7. The van der Waals surface area contributed by atoms with Gasteiger partial charge in [-0.1, -0.05) is 51.0 Å². The van der Waals surface area contributed by atoms with Gasteiger partial charge < -0.3 is 14.7 Å². The van der Waals surface area contributed by atoms with Crippen LogP contribution in [-0.2, 0) is 14.8 Å². The van der Waals surface area contributed by atoms with Crippen molar-refractivity contribution in [1.82, 2.24) is 4.31 Å². The van der Waals surface area contributed by atoms with Crippen molar-refractivity contribution in [2.45, 2.75) is 87.6 Å². The molecule has 32 heavy (non-hydrogen) atoms. The van der Waals surface area contributed by atoms with E-state index in [1.54, 1.807) is 10.4 Å². The monoisotopic (exact) mass is 500 g/mol. The van der Waals surface area contributed by atoms with E-state index < -0.39 is 18.1 Å². The molecular weight excluding hydrogens is 464 g/mol. The number of benzene rings is 1. The number of unbranched alkanes of at least 4 members (excludes halogenated alkanes) is 1. The van der Waals surface area contributed by atoms with Gasteiger partial charge in [-0.05, 0) is 43.7 Å². The molecule has 1 heterocycles. The summed E-state index contributed by atoms with van der Waals surface area (Å²) in [7, 11) is -5.13. The summed E-state index contributed by atoms with van der Waals surface area (Å²) in [4.78, 5) is 2.45. The van der Waals surface area contributed by atoms with Gasteiger partial charge in [-0.3, -0.25) is 0 Å². The van der Waals surface area contributed by atoms with E-state index in [0.29, 0.717) is 18.8 Å². The lowest BCUT2D eigenvalue weighted by atomic mass is 9.49. The fourth-order valence-electron chi connectivity index (χ4n) is 5.27. The van der Waals surface area contributed by atoms with E-state index in [1.165, 1.54) is 6.07 Å². The van der Waals surface area contributed by atoms with Gasteiger partial charge >= 0.3 is 0 Å². The number of halogens is 1. The van der Waals surface area contributed by atoms with Crippen molar-refractivity contribution >= 4 is 35.4 Å². The summed E-state index contributed by atoms with van der Waals surface area (Å²) in [6.45, 7) is 10.2. The summed E-state index contributed by atoms with van der Waals surface area (Å²) in [5.41, 5.74) is 0.672. The van der Waals surface area contributed by atoms with Gasteiger partial charge in [0, 0.05) is 38.9 Å². The van der Waals surface area contributed by atoms with Gasteiger partial charge in [0.1, 0.15) is 17.4 Å². The lowest BCUT2D eigenvalue weighted by Crippen LogP contribution is -2.69. The molecule has 4 aliphatic rings. The minimum Gasteiger partial charge on any atom is -0.506 e. The van der Waals surface area contributed by atoms with E-state index in [4.69, 9.17) is 16.3 Å². The van der Waals surface area contributed by atoms with E-state index in [9.17, 15) is 13.5 Å². The number of ether oxygens (including phenoxy) is 1. The number of nitrogens with zero attached hydrogens (tertiary/aromatic N) is 2. The SMILES string of the molecule is CCCC[C@@H]1CN(C23CC(C2)C3)c2cc(Cl)c(O)cc2S(=O)(=O)N1COCC[Si](C)(C)C. The summed E-state index contributed by atoms with van der Waals surface area (Å²) >= 11 is 6.28. The molecule has 1 aromatic carbocycles. The standard InChI is InChI=1S/C23H37ClN2O4SSi/c1-5-6-7-18-15-25(23-12-17(13-23)14-23)20-10-19(24)21(27)11-22(20)31(28,29)26(18)16-30-8-9-32(2,3)4/h10-11,17-18,27H,5-9,12-16H2,1-4H3/t17?,18-,23?/m1/s1. The molecule has 5 rings (SSSR count). The minimum absolute atomic E-state index is 0.0361. The fraction of sp³-hybridized carbons (Fsp3) is 0.739. The van der Waals surface area contributed by atoms with E-state index in [0.717, 1.165) is 50.5 Å². The van der Waals surface area contributed by atoms with Crippen LogP contribution in [0, 0.1) is 5.92 Å². The second-order valence-corrected chi connectivity index (χ2v) is 19.0. The highest BCUT2D eigenvalue weighted by Crippen LogP contribution is 2.62. The van der Waals surface area contributed by atoms with Crippen molar-refractivity contribution in [2.24, 2.45) is 5.92 Å². The maximum Gasteiger partial charge on any atom is 0.247 e. The van der Waals surface area contributed by atoms with Crippen molar-refractivity contribution < 1.29 is 18.3 Å². The van der Waals surface area contributed by atoms with Crippen LogP contribution in [0.4, 0.5) is 5.69 Å². The molecule has 1 atom stereocenters. The molecule has 6 nitrogen and oxygen atoms in total. The Bertz CT molecular complexity index is 948. The first-order chi connectivity index (χ1) is 15.0. The molecule has 2 bridgehead atoms. The largest absolute Gasteiger partial charge is 0.506 e. The van der Waals surface area contributed by atoms with Crippen LogP contribution in [0.25, 0.3) is 0 Å². The van der Waals surface area contributed by atoms with Crippen molar-refractivity contribution in [3.05, 3.63) is 17.2 Å². The molecule has 180 valence electrons. The topological polar surface area (TPSA) is 70.1 Å². The number of hydrogen-bond donors (Lipinski definition) is 1. The third kappa shape index (κ3) is 4.45. The fourth-order valence-corrected chi connectivity index (χ4v) is 7.91. The van der Waals surface area contributed by atoms with E-state index in [1.807, 2.05) is 0 Å². The van der Waals surface area contributed by atoms with Gasteiger partial charge in [0.25, 0.3) is 0 Å². The minimum atomic E-state index is -3.85. The smallest absolute Gasteiger partial charge is 0.247 e. The lowest BCUT2D eigenvalue weighted by molar-refractivity contribution is -0.0289. The Morgan fingerprint density at radius 2 is 1.94 bits per heavy atom. The third-order valence-corrected chi connectivity index (χ3v) is 11.3. The molecule has 0 aromatic heterocycles. The van der Waals surface area contributed by atoms with Crippen LogP contribution in [0.2, 0.25) is 30.7 Å². The number of fused-ring (bicyclic) bond motifs is 1. The van der Waals surface area contributed by atoms with E-state index >= 15 is 0 Å². The molecule has 0 saturated heterocycles. The highest BCUT2D eigenvalue weighted by Gasteiger charge is 2.61. The molecule has 1 aliphatic heterocycles. The first-order valence-corrected chi connectivity index (χ1v) is 17.4. The summed E-state index contributed by atoms with van der Waals surface area (Å²) in [5, 5.41) is 10.5. The third-order valence-electron chi connectivity index (χ3n) is 7.39. The molecule has 0 radical (unpaired) electrons. The Labute approximate surface area is 198 Å². The number of rotatable bonds is 9. The van der Waals surface area contributed by atoms with Gasteiger partial charge in [0.05, 0.1) is 10.7 Å². The number of anilines is 1. The number of sulfonamides is 1. The Kier molecular flexibility index (Phi) is 6.66. The number of phenols is 1. The molecule has 9 heteroatoms. The summed E-state index contributed by atoms with van der Waals surface area (Å²) in [5.74, 6) is 0.569. The van der Waals surface area contributed by atoms with Crippen molar-refractivity contribution in [3.63, 3.8) is 0 Å². The summed E-state index contributed by atoms with van der Waals surface area (Å²) in [6, 6.07) is 3.80. The second kappa shape index (κ2) is 8.76. The zero-order valence-corrected chi connectivity index (χ0v) is 22.3. The van der Waals surface area contributed by atoms with Crippen molar-refractivity contribution in [3.8, 4) is 5.75 Å². The maximum atomic E-state index is 13.9. The van der Waals surface area contributed by atoms with Gasteiger partial charge in [0.15, 0.2) is 0 Å². The van der Waals surface area contributed by atoms with Crippen LogP contribution >= 0.6 is 11.6 Å². The molecule has 1 aromatic rings. The van der Waals surface area contributed by atoms with Crippen LogP contribution < -0.4 is 4.90 Å². The van der Waals surface area contributed by atoms with Crippen LogP contribution in [0.3, 0.4) is 0 Å². The predicted molar refractivity (Wildman–Crippen MR) is 132 cm³/mol. The van der Waals surface area contributed by atoms with Gasteiger partial charge in [-0.2, -0.15) is 4.31 Å². The average Bonchev–Trinajstić information content (AvgIpc) is 2.69. The first kappa shape index (κ1) is 24.3. The summed E-state index contributed by atoms with van der Waals surface area (Å²) < 4.78 is 35.3. The van der Waals surface area contributed by atoms with Crippen LogP contribution in [0.5, 0.6) is 5.75 Å².